The molecular weight excluding hydrogens is 685 g/mol. The molecule has 0 rings (SSSR count). The normalized spacial score (nSPS) is 12.7. The van der Waals surface area contributed by atoms with Crippen LogP contribution in [0.25, 0.3) is 0 Å². The maximum absolute atomic E-state index is 12.7. The largest absolute Gasteiger partial charge is 0.462 e. The molecule has 0 aliphatic rings. The summed E-state index contributed by atoms with van der Waals surface area (Å²) in [5.74, 6) is -0.955. The molecule has 314 valence electrons. The fraction of sp³-hybridized carbons (Fsp3) is 0.694. The number of allylic oxidation sites excluding steroid dienone is 12. The molecule has 1 atom stereocenters. The van der Waals surface area contributed by atoms with E-state index in [-0.39, 0.29) is 37.5 Å². The lowest BCUT2D eigenvalue weighted by Crippen LogP contribution is -2.30. The predicted molar refractivity (Wildman–Crippen MR) is 233 cm³/mol. The minimum absolute atomic E-state index is 0.0951. The minimum atomic E-state index is -0.796. The Morgan fingerprint density at radius 2 is 0.709 bits per heavy atom. The van der Waals surface area contributed by atoms with Gasteiger partial charge in [0.2, 0.25) is 0 Å². The molecule has 0 radical (unpaired) electrons. The summed E-state index contributed by atoms with van der Waals surface area (Å²) in [6.45, 7) is 6.38. The van der Waals surface area contributed by atoms with Crippen LogP contribution < -0.4 is 0 Å². The molecule has 0 aliphatic carbocycles. The number of carbonyl (C=O) groups excluding carboxylic acids is 3. The van der Waals surface area contributed by atoms with Gasteiger partial charge in [-0.1, -0.05) is 190 Å². The van der Waals surface area contributed by atoms with Gasteiger partial charge >= 0.3 is 17.9 Å². The predicted octanol–water partition coefficient (Wildman–Crippen LogP) is 14.3. The maximum Gasteiger partial charge on any atom is 0.306 e. The Kier molecular flexibility index (Phi) is 41.1. The van der Waals surface area contributed by atoms with Crippen LogP contribution in [0.4, 0.5) is 0 Å². The fourth-order valence-electron chi connectivity index (χ4n) is 5.91. The van der Waals surface area contributed by atoms with Crippen molar-refractivity contribution in [1.29, 1.82) is 0 Å². The molecule has 0 bridgehead atoms. The zero-order chi connectivity index (χ0) is 40.1. The van der Waals surface area contributed by atoms with E-state index in [2.05, 4.69) is 57.2 Å². The van der Waals surface area contributed by atoms with Crippen LogP contribution in [-0.2, 0) is 28.6 Å². The lowest BCUT2D eigenvalue weighted by molar-refractivity contribution is -0.167. The van der Waals surface area contributed by atoms with E-state index in [1.807, 2.05) is 36.5 Å². The number of ether oxygens (including phenoxy) is 3. The highest BCUT2D eigenvalue weighted by Gasteiger charge is 2.19. The second kappa shape index (κ2) is 43.6. The van der Waals surface area contributed by atoms with Crippen molar-refractivity contribution in [2.75, 3.05) is 13.2 Å². The Morgan fingerprint density at radius 1 is 0.382 bits per heavy atom. The van der Waals surface area contributed by atoms with E-state index in [9.17, 15) is 14.4 Å². The van der Waals surface area contributed by atoms with Crippen molar-refractivity contribution < 1.29 is 28.6 Å². The number of unbranched alkanes of at least 4 members (excludes halogenated alkanes) is 20. The van der Waals surface area contributed by atoms with Crippen molar-refractivity contribution >= 4 is 17.9 Å². The summed E-state index contributed by atoms with van der Waals surface area (Å²) in [4.78, 5) is 37.7. The highest BCUT2D eigenvalue weighted by atomic mass is 16.6. The van der Waals surface area contributed by atoms with Gasteiger partial charge in [-0.15, -0.1) is 0 Å². The van der Waals surface area contributed by atoms with E-state index >= 15 is 0 Å². The van der Waals surface area contributed by atoms with Crippen molar-refractivity contribution in [3.8, 4) is 0 Å². The quantitative estimate of drug-likeness (QED) is 0.0268. The molecule has 0 aromatic carbocycles. The third-order valence-corrected chi connectivity index (χ3v) is 9.32. The van der Waals surface area contributed by atoms with Gasteiger partial charge in [0.15, 0.2) is 6.10 Å². The highest BCUT2D eigenvalue weighted by molar-refractivity contribution is 5.71. The average molecular weight is 767 g/mol. The molecule has 1 unspecified atom stereocenters. The summed E-state index contributed by atoms with van der Waals surface area (Å²) in [5.41, 5.74) is 0. The molecule has 0 heterocycles. The van der Waals surface area contributed by atoms with Gasteiger partial charge in [0.1, 0.15) is 13.2 Å². The van der Waals surface area contributed by atoms with E-state index in [0.29, 0.717) is 19.3 Å². The molecular formula is C49H82O6. The zero-order valence-electron chi connectivity index (χ0n) is 35.7. The van der Waals surface area contributed by atoms with Crippen LogP contribution in [0.5, 0.6) is 0 Å². The van der Waals surface area contributed by atoms with Crippen LogP contribution in [0.2, 0.25) is 0 Å². The number of hydrogen-bond donors (Lipinski definition) is 0. The third kappa shape index (κ3) is 41.8. The van der Waals surface area contributed by atoms with Gasteiger partial charge in [-0.2, -0.15) is 0 Å². The third-order valence-electron chi connectivity index (χ3n) is 9.32. The first-order valence-corrected chi connectivity index (χ1v) is 22.5. The molecule has 0 fully saturated rings. The van der Waals surface area contributed by atoms with E-state index < -0.39 is 6.10 Å². The summed E-state index contributed by atoms with van der Waals surface area (Å²) in [6.07, 6.45) is 53.1. The Balaban J connectivity index is 4.45. The van der Waals surface area contributed by atoms with Crippen molar-refractivity contribution in [2.24, 2.45) is 0 Å². The molecule has 0 amide bonds. The van der Waals surface area contributed by atoms with Crippen LogP contribution >= 0.6 is 0 Å². The van der Waals surface area contributed by atoms with E-state index in [1.54, 1.807) is 0 Å². The Morgan fingerprint density at radius 3 is 1.18 bits per heavy atom. The first kappa shape index (κ1) is 51.9. The van der Waals surface area contributed by atoms with Crippen LogP contribution in [0.15, 0.2) is 72.9 Å². The lowest BCUT2D eigenvalue weighted by Gasteiger charge is -2.18. The number of hydrogen-bond acceptors (Lipinski definition) is 6. The van der Waals surface area contributed by atoms with Crippen LogP contribution in [0.3, 0.4) is 0 Å². The van der Waals surface area contributed by atoms with Gasteiger partial charge in [-0.05, 0) is 64.2 Å². The molecule has 0 aromatic heterocycles. The molecule has 6 nitrogen and oxygen atoms in total. The number of carbonyl (C=O) groups is 3. The van der Waals surface area contributed by atoms with Crippen molar-refractivity contribution in [3.05, 3.63) is 72.9 Å². The van der Waals surface area contributed by atoms with Gasteiger partial charge < -0.3 is 14.2 Å². The monoisotopic (exact) mass is 767 g/mol. The summed E-state index contributed by atoms with van der Waals surface area (Å²) in [7, 11) is 0. The minimum Gasteiger partial charge on any atom is -0.462 e. The van der Waals surface area contributed by atoms with Gasteiger partial charge in [0, 0.05) is 19.3 Å². The van der Waals surface area contributed by atoms with E-state index in [0.717, 1.165) is 70.6 Å². The number of esters is 3. The molecule has 6 heteroatoms. The molecule has 0 saturated carbocycles. The first-order valence-electron chi connectivity index (χ1n) is 22.5. The summed E-state index contributed by atoms with van der Waals surface area (Å²) < 4.78 is 16.6. The van der Waals surface area contributed by atoms with E-state index in [4.69, 9.17) is 14.2 Å². The van der Waals surface area contributed by atoms with Crippen molar-refractivity contribution in [2.45, 2.75) is 207 Å². The van der Waals surface area contributed by atoms with Crippen LogP contribution in [0.1, 0.15) is 201 Å². The van der Waals surface area contributed by atoms with Gasteiger partial charge in [-0.25, -0.2) is 0 Å². The Labute approximate surface area is 338 Å². The Bertz CT molecular complexity index is 1070. The molecule has 0 aliphatic heterocycles. The topological polar surface area (TPSA) is 78.9 Å². The first-order chi connectivity index (χ1) is 27.0. The summed E-state index contributed by atoms with van der Waals surface area (Å²) >= 11 is 0. The highest BCUT2D eigenvalue weighted by Crippen LogP contribution is 2.13. The number of rotatable bonds is 39. The second-order valence-electron chi connectivity index (χ2n) is 14.7. The SMILES string of the molecule is CC\C=C/C=C\C=C/C=C\CCCCCC(=O)OC(COC(=O)CCCCCCCC/C=C\C=C/CCCCC)COC(=O)CCCCCCCCCCC. The molecule has 55 heavy (non-hydrogen) atoms. The molecule has 0 saturated heterocycles. The van der Waals surface area contributed by atoms with Crippen molar-refractivity contribution in [3.63, 3.8) is 0 Å². The maximum atomic E-state index is 12.7. The van der Waals surface area contributed by atoms with Gasteiger partial charge in [0.25, 0.3) is 0 Å². The average Bonchev–Trinajstić information content (AvgIpc) is 3.18. The molecule has 0 aromatic rings. The summed E-state index contributed by atoms with van der Waals surface area (Å²) in [6, 6.07) is 0. The van der Waals surface area contributed by atoms with E-state index in [1.165, 1.54) is 83.5 Å². The lowest BCUT2D eigenvalue weighted by atomic mass is 10.1. The standard InChI is InChI=1S/C49H82O6/c1-4-7-10-13-16-19-21-23-24-26-27-30-33-36-39-42-48(51)54-45-46(44-53-47(50)41-38-35-32-29-18-15-12-9-6-3)55-49(52)43-40-37-34-31-28-25-22-20-17-14-11-8-5-2/h8,11,14,16-17,19-23,25,28,46H,4-7,9-10,12-13,15,18,24,26-27,29-45H2,1-3H3/b11-8-,17-14-,19-16-,22-20-,23-21-,28-25-. The molecule has 0 N–H and O–H groups in total. The van der Waals surface area contributed by atoms with Gasteiger partial charge in [0.05, 0.1) is 0 Å². The van der Waals surface area contributed by atoms with Crippen molar-refractivity contribution in [1.82, 2.24) is 0 Å². The zero-order valence-corrected chi connectivity index (χ0v) is 35.7. The summed E-state index contributed by atoms with van der Waals surface area (Å²) in [5, 5.41) is 0. The smallest absolute Gasteiger partial charge is 0.306 e. The van der Waals surface area contributed by atoms with Gasteiger partial charge in [-0.3, -0.25) is 14.4 Å². The fourth-order valence-corrected chi connectivity index (χ4v) is 5.91. The Hall–Kier alpha value is -3.15. The second-order valence-corrected chi connectivity index (χ2v) is 14.7. The van der Waals surface area contributed by atoms with Crippen LogP contribution in [-0.4, -0.2) is 37.2 Å². The molecule has 0 spiro atoms. The van der Waals surface area contributed by atoms with Crippen LogP contribution in [0, 0.1) is 0 Å².